The van der Waals surface area contributed by atoms with Crippen LogP contribution >= 0.6 is 0 Å². The third-order valence-electron chi connectivity index (χ3n) is 2.37. The van der Waals surface area contributed by atoms with Crippen molar-refractivity contribution in [3.8, 4) is 5.75 Å². The Labute approximate surface area is 103 Å². The smallest absolute Gasteiger partial charge is 0.168 e. The molecule has 0 unspecified atom stereocenters. The van der Waals surface area contributed by atoms with E-state index in [0.29, 0.717) is 12.5 Å². The highest BCUT2D eigenvalue weighted by Gasteiger charge is 2.01. The molecule has 17 heavy (non-hydrogen) atoms. The van der Waals surface area contributed by atoms with Crippen molar-refractivity contribution in [2.75, 3.05) is 32.2 Å². The van der Waals surface area contributed by atoms with Gasteiger partial charge in [-0.15, -0.1) is 0 Å². The number of anilines is 1. The summed E-state index contributed by atoms with van der Waals surface area (Å²) in [5.74, 6) is 2.22. The SMILES string of the molecule is COc1cccnc1NCCOCCC(C)C. The van der Waals surface area contributed by atoms with Crippen LogP contribution in [0.25, 0.3) is 0 Å². The normalized spacial score (nSPS) is 10.6. The average molecular weight is 238 g/mol. The second kappa shape index (κ2) is 7.90. The summed E-state index contributed by atoms with van der Waals surface area (Å²) >= 11 is 0. The van der Waals surface area contributed by atoms with E-state index in [1.807, 2.05) is 12.1 Å². The first-order valence-electron chi connectivity index (χ1n) is 6.04. The maximum absolute atomic E-state index is 5.51. The molecule has 1 rings (SSSR count). The first-order chi connectivity index (χ1) is 8.24. The molecule has 96 valence electrons. The van der Waals surface area contributed by atoms with Crippen LogP contribution in [0.4, 0.5) is 5.82 Å². The van der Waals surface area contributed by atoms with Gasteiger partial charge < -0.3 is 14.8 Å². The van der Waals surface area contributed by atoms with Gasteiger partial charge >= 0.3 is 0 Å². The van der Waals surface area contributed by atoms with Crippen molar-refractivity contribution in [2.45, 2.75) is 20.3 Å². The molecule has 1 aromatic heterocycles. The van der Waals surface area contributed by atoms with Crippen molar-refractivity contribution in [3.63, 3.8) is 0 Å². The van der Waals surface area contributed by atoms with E-state index in [9.17, 15) is 0 Å². The molecule has 0 atom stereocenters. The number of methoxy groups -OCH3 is 1. The van der Waals surface area contributed by atoms with E-state index in [-0.39, 0.29) is 0 Å². The van der Waals surface area contributed by atoms with Crippen molar-refractivity contribution in [3.05, 3.63) is 18.3 Å². The second-order valence-electron chi connectivity index (χ2n) is 4.28. The lowest BCUT2D eigenvalue weighted by Gasteiger charge is -2.10. The van der Waals surface area contributed by atoms with Gasteiger partial charge in [0.25, 0.3) is 0 Å². The molecule has 0 fully saturated rings. The predicted molar refractivity (Wildman–Crippen MR) is 69.6 cm³/mol. The summed E-state index contributed by atoms with van der Waals surface area (Å²) in [5.41, 5.74) is 0. The summed E-state index contributed by atoms with van der Waals surface area (Å²) in [4.78, 5) is 4.20. The van der Waals surface area contributed by atoms with Gasteiger partial charge in [0.05, 0.1) is 13.7 Å². The van der Waals surface area contributed by atoms with Gasteiger partial charge in [-0.1, -0.05) is 13.8 Å². The molecule has 0 radical (unpaired) electrons. The van der Waals surface area contributed by atoms with Crippen molar-refractivity contribution in [1.82, 2.24) is 4.98 Å². The number of ether oxygens (including phenoxy) is 2. The maximum Gasteiger partial charge on any atom is 0.168 e. The van der Waals surface area contributed by atoms with E-state index in [4.69, 9.17) is 9.47 Å². The average Bonchev–Trinajstić information content (AvgIpc) is 2.33. The Morgan fingerprint density at radius 3 is 2.88 bits per heavy atom. The third-order valence-corrected chi connectivity index (χ3v) is 2.37. The van der Waals surface area contributed by atoms with Crippen LogP contribution < -0.4 is 10.1 Å². The molecule has 4 heteroatoms. The number of aromatic nitrogens is 1. The number of rotatable bonds is 8. The summed E-state index contributed by atoms with van der Waals surface area (Å²) < 4.78 is 10.7. The Hall–Kier alpha value is -1.29. The predicted octanol–water partition coefficient (Wildman–Crippen LogP) is 2.56. The summed E-state index contributed by atoms with van der Waals surface area (Å²) in [6.07, 6.45) is 2.84. The minimum atomic E-state index is 0.687. The van der Waals surface area contributed by atoms with Gasteiger partial charge in [0.2, 0.25) is 0 Å². The van der Waals surface area contributed by atoms with Crippen LogP contribution in [-0.4, -0.2) is 31.9 Å². The van der Waals surface area contributed by atoms with E-state index in [1.54, 1.807) is 13.3 Å². The Kier molecular flexibility index (Phi) is 6.40. The van der Waals surface area contributed by atoms with E-state index < -0.39 is 0 Å². The van der Waals surface area contributed by atoms with Crippen LogP contribution in [0.2, 0.25) is 0 Å². The van der Waals surface area contributed by atoms with Gasteiger partial charge in [0.1, 0.15) is 0 Å². The minimum Gasteiger partial charge on any atom is -0.493 e. The molecule has 0 spiro atoms. The molecular formula is C13H22N2O2. The molecule has 0 aliphatic rings. The highest BCUT2D eigenvalue weighted by molar-refractivity contribution is 5.49. The number of pyridine rings is 1. The van der Waals surface area contributed by atoms with Crippen LogP contribution in [0.5, 0.6) is 5.75 Å². The molecule has 0 aliphatic heterocycles. The lowest BCUT2D eigenvalue weighted by Crippen LogP contribution is -2.12. The zero-order chi connectivity index (χ0) is 12.5. The van der Waals surface area contributed by atoms with Crippen molar-refractivity contribution < 1.29 is 9.47 Å². The Morgan fingerprint density at radius 1 is 1.35 bits per heavy atom. The Bertz CT molecular complexity index is 316. The van der Waals surface area contributed by atoms with Crippen LogP contribution in [0.15, 0.2) is 18.3 Å². The zero-order valence-electron chi connectivity index (χ0n) is 10.9. The third kappa shape index (κ3) is 5.54. The molecule has 0 amide bonds. The Balaban J connectivity index is 2.17. The Morgan fingerprint density at radius 2 is 2.18 bits per heavy atom. The van der Waals surface area contributed by atoms with E-state index >= 15 is 0 Å². The molecule has 0 aliphatic carbocycles. The van der Waals surface area contributed by atoms with Crippen LogP contribution in [-0.2, 0) is 4.74 Å². The minimum absolute atomic E-state index is 0.687. The topological polar surface area (TPSA) is 43.4 Å². The fourth-order valence-corrected chi connectivity index (χ4v) is 1.35. The second-order valence-corrected chi connectivity index (χ2v) is 4.28. The van der Waals surface area contributed by atoms with E-state index in [2.05, 4.69) is 24.1 Å². The van der Waals surface area contributed by atoms with Gasteiger partial charge in [0.15, 0.2) is 11.6 Å². The summed E-state index contributed by atoms with van der Waals surface area (Å²) in [7, 11) is 1.64. The summed E-state index contributed by atoms with van der Waals surface area (Å²) in [6.45, 7) is 6.64. The van der Waals surface area contributed by atoms with Gasteiger partial charge in [-0.05, 0) is 24.5 Å². The fourth-order valence-electron chi connectivity index (χ4n) is 1.35. The van der Waals surface area contributed by atoms with Crippen LogP contribution in [0.3, 0.4) is 0 Å². The molecular weight excluding hydrogens is 216 g/mol. The molecule has 0 saturated carbocycles. The van der Waals surface area contributed by atoms with Gasteiger partial charge in [-0.3, -0.25) is 0 Å². The zero-order valence-corrected chi connectivity index (χ0v) is 10.9. The number of nitrogens with one attached hydrogen (secondary N) is 1. The molecule has 0 saturated heterocycles. The molecule has 1 N–H and O–H groups in total. The van der Waals surface area contributed by atoms with Gasteiger partial charge in [-0.2, -0.15) is 0 Å². The largest absolute Gasteiger partial charge is 0.493 e. The summed E-state index contributed by atoms with van der Waals surface area (Å²) in [5, 5.41) is 3.19. The van der Waals surface area contributed by atoms with Crippen molar-refractivity contribution in [1.29, 1.82) is 0 Å². The standard InChI is InChI=1S/C13H22N2O2/c1-11(2)6-9-17-10-8-15-13-12(16-3)5-4-7-14-13/h4-5,7,11H,6,8-10H2,1-3H3,(H,14,15). The molecule has 0 aromatic carbocycles. The van der Waals surface area contributed by atoms with E-state index in [0.717, 1.165) is 31.1 Å². The van der Waals surface area contributed by atoms with Gasteiger partial charge in [-0.25, -0.2) is 4.98 Å². The molecule has 1 aromatic rings. The monoisotopic (exact) mass is 238 g/mol. The van der Waals surface area contributed by atoms with Crippen molar-refractivity contribution in [2.24, 2.45) is 5.92 Å². The lowest BCUT2D eigenvalue weighted by atomic mass is 10.1. The lowest BCUT2D eigenvalue weighted by molar-refractivity contribution is 0.132. The van der Waals surface area contributed by atoms with Crippen LogP contribution in [0, 0.1) is 5.92 Å². The van der Waals surface area contributed by atoms with Crippen molar-refractivity contribution >= 4 is 5.82 Å². The first-order valence-corrected chi connectivity index (χ1v) is 6.04. The number of hydrogen-bond acceptors (Lipinski definition) is 4. The molecule has 4 nitrogen and oxygen atoms in total. The number of hydrogen-bond donors (Lipinski definition) is 1. The highest BCUT2D eigenvalue weighted by atomic mass is 16.5. The summed E-state index contributed by atoms with van der Waals surface area (Å²) in [6, 6.07) is 3.73. The molecule has 0 bridgehead atoms. The van der Waals surface area contributed by atoms with Gasteiger partial charge in [0, 0.05) is 19.3 Å². The highest BCUT2D eigenvalue weighted by Crippen LogP contribution is 2.19. The quantitative estimate of drug-likeness (QED) is 0.707. The fraction of sp³-hybridized carbons (Fsp3) is 0.615. The number of nitrogens with zero attached hydrogens (tertiary/aromatic N) is 1. The van der Waals surface area contributed by atoms with E-state index in [1.165, 1.54) is 0 Å². The maximum atomic E-state index is 5.51. The molecule has 1 heterocycles. The van der Waals surface area contributed by atoms with Crippen LogP contribution in [0.1, 0.15) is 20.3 Å². The first kappa shape index (κ1) is 13.8.